The van der Waals surface area contributed by atoms with Gasteiger partial charge < -0.3 is 16.0 Å². The van der Waals surface area contributed by atoms with Crippen LogP contribution >= 0.6 is 11.6 Å². The highest BCUT2D eigenvalue weighted by Crippen LogP contribution is 2.24. The van der Waals surface area contributed by atoms with E-state index in [0.717, 1.165) is 37.0 Å². The third-order valence-electron chi connectivity index (χ3n) is 6.92. The van der Waals surface area contributed by atoms with Gasteiger partial charge in [0, 0.05) is 24.0 Å². The quantitative estimate of drug-likeness (QED) is 0.149. The zero-order valence-corrected chi connectivity index (χ0v) is 23.4. The normalized spacial score (nSPS) is 14.5. The first-order chi connectivity index (χ1) is 18.0. The minimum absolute atomic E-state index is 0.00674. The molecule has 3 N–H and O–H groups in total. The summed E-state index contributed by atoms with van der Waals surface area (Å²) in [5.74, 6) is -0.279. The van der Waals surface area contributed by atoms with Gasteiger partial charge in [-0.2, -0.15) is 0 Å². The van der Waals surface area contributed by atoms with Gasteiger partial charge in [-0.3, -0.25) is 9.59 Å². The number of amides is 4. The van der Waals surface area contributed by atoms with E-state index in [1.54, 1.807) is 24.3 Å². The van der Waals surface area contributed by atoms with Crippen LogP contribution in [0.1, 0.15) is 103 Å². The summed E-state index contributed by atoms with van der Waals surface area (Å²) in [6.07, 6.45) is 16.6. The fourth-order valence-electron chi connectivity index (χ4n) is 4.82. The second kappa shape index (κ2) is 18.2. The molecule has 0 aliphatic carbocycles. The number of nitrogens with two attached hydrogens (primary N) is 1. The molecule has 0 radical (unpaired) electrons. The first-order valence-electron chi connectivity index (χ1n) is 14.3. The lowest BCUT2D eigenvalue weighted by Crippen LogP contribution is -2.45. The van der Waals surface area contributed by atoms with Crippen molar-refractivity contribution in [3.8, 4) is 0 Å². The van der Waals surface area contributed by atoms with Gasteiger partial charge in [-0.15, -0.1) is 0 Å². The van der Waals surface area contributed by atoms with Gasteiger partial charge in [-0.1, -0.05) is 95.2 Å². The van der Waals surface area contributed by atoms with E-state index in [1.165, 1.54) is 62.7 Å². The molecule has 0 saturated carbocycles. The first kappa shape index (κ1) is 31.1. The molecule has 1 atom stereocenters. The van der Waals surface area contributed by atoms with Gasteiger partial charge in [-0.05, 0) is 44.0 Å². The largest absolute Gasteiger partial charge is 0.352 e. The Kier molecular flexibility index (Phi) is 15.3. The van der Waals surface area contributed by atoms with Crippen LogP contribution in [-0.4, -0.2) is 48.4 Å². The van der Waals surface area contributed by atoms with Gasteiger partial charge in [0.2, 0.25) is 5.91 Å². The molecule has 2 rings (SSSR count). The molecular weight excluding hydrogens is 488 g/mol. The van der Waals surface area contributed by atoms with Gasteiger partial charge in [0.05, 0.1) is 5.69 Å². The summed E-state index contributed by atoms with van der Waals surface area (Å²) in [6, 6.07) is 6.13. The predicted octanol–water partition coefficient (Wildman–Crippen LogP) is 6.42. The van der Waals surface area contributed by atoms with Gasteiger partial charge in [-0.25, -0.2) is 9.69 Å². The summed E-state index contributed by atoms with van der Waals surface area (Å²) >= 11 is 6.05. The number of hydrogen-bond donors (Lipinski definition) is 2. The Labute approximate surface area is 228 Å². The molecule has 1 aliphatic rings. The van der Waals surface area contributed by atoms with E-state index >= 15 is 0 Å². The predicted molar refractivity (Wildman–Crippen MR) is 152 cm³/mol. The number of hydrogen-bond acceptors (Lipinski definition) is 4. The van der Waals surface area contributed by atoms with E-state index in [4.69, 9.17) is 17.3 Å². The molecule has 0 spiro atoms. The van der Waals surface area contributed by atoms with Gasteiger partial charge in [0.1, 0.15) is 6.54 Å². The van der Waals surface area contributed by atoms with E-state index in [9.17, 15) is 14.4 Å². The monoisotopic (exact) mass is 534 g/mol. The lowest BCUT2D eigenvalue weighted by atomic mass is 10.0. The summed E-state index contributed by atoms with van der Waals surface area (Å²) in [4.78, 5) is 41.0. The summed E-state index contributed by atoms with van der Waals surface area (Å²) in [6.45, 7) is 3.13. The molecule has 1 unspecified atom stereocenters. The molecule has 4 amide bonds. The summed E-state index contributed by atoms with van der Waals surface area (Å²) < 4.78 is 0. The highest BCUT2D eigenvalue weighted by Gasteiger charge is 2.38. The molecule has 1 fully saturated rings. The van der Waals surface area contributed by atoms with Gasteiger partial charge >= 0.3 is 6.03 Å². The lowest BCUT2D eigenvalue weighted by Gasteiger charge is -2.24. The van der Waals surface area contributed by atoms with Crippen molar-refractivity contribution in [2.24, 2.45) is 5.73 Å². The van der Waals surface area contributed by atoms with Crippen molar-refractivity contribution in [3.63, 3.8) is 0 Å². The molecule has 37 heavy (non-hydrogen) atoms. The SMILES string of the molecule is CCCCCCCCCCCCCC(=O)NC(CCCCN)CN1CC(=O)N(c2cccc(Cl)c2)C1=O. The van der Waals surface area contributed by atoms with Crippen LogP contribution in [0.15, 0.2) is 24.3 Å². The highest BCUT2D eigenvalue weighted by atomic mass is 35.5. The number of rotatable bonds is 20. The highest BCUT2D eigenvalue weighted by molar-refractivity contribution is 6.31. The van der Waals surface area contributed by atoms with Crippen LogP contribution in [0, 0.1) is 0 Å². The maximum atomic E-state index is 13.0. The number of benzene rings is 1. The van der Waals surface area contributed by atoms with Crippen LogP contribution in [0.4, 0.5) is 10.5 Å². The van der Waals surface area contributed by atoms with Crippen LogP contribution in [0.3, 0.4) is 0 Å². The molecular formula is C29H47ClN4O3. The number of nitrogens with zero attached hydrogens (tertiary/aromatic N) is 2. The summed E-state index contributed by atoms with van der Waals surface area (Å²) in [7, 11) is 0. The smallest absolute Gasteiger partial charge is 0.331 e. The zero-order valence-electron chi connectivity index (χ0n) is 22.7. The van der Waals surface area contributed by atoms with Crippen molar-refractivity contribution in [2.45, 2.75) is 109 Å². The second-order valence-corrected chi connectivity index (χ2v) is 10.6. The van der Waals surface area contributed by atoms with Crippen molar-refractivity contribution < 1.29 is 14.4 Å². The molecule has 0 aromatic heterocycles. The van der Waals surface area contributed by atoms with Crippen LogP contribution in [-0.2, 0) is 9.59 Å². The molecule has 0 bridgehead atoms. The number of urea groups is 1. The molecule has 1 heterocycles. The number of anilines is 1. The molecule has 1 saturated heterocycles. The van der Waals surface area contributed by atoms with E-state index < -0.39 is 0 Å². The van der Waals surface area contributed by atoms with Crippen LogP contribution in [0.25, 0.3) is 0 Å². The second-order valence-electron chi connectivity index (χ2n) is 10.2. The molecule has 1 aliphatic heterocycles. The minimum Gasteiger partial charge on any atom is -0.352 e. The lowest BCUT2D eigenvalue weighted by molar-refractivity contribution is -0.122. The average Bonchev–Trinajstić information content (AvgIpc) is 3.14. The van der Waals surface area contributed by atoms with Crippen LogP contribution < -0.4 is 16.0 Å². The number of imide groups is 1. The van der Waals surface area contributed by atoms with Crippen molar-refractivity contribution in [1.29, 1.82) is 0 Å². The van der Waals surface area contributed by atoms with Crippen LogP contribution in [0.5, 0.6) is 0 Å². The third kappa shape index (κ3) is 11.9. The first-order valence-corrected chi connectivity index (χ1v) is 14.7. The maximum absolute atomic E-state index is 13.0. The molecule has 1 aromatic carbocycles. The Bertz CT molecular complexity index is 835. The Hall–Kier alpha value is -2.12. The number of carbonyl (C=O) groups excluding carboxylic acids is 3. The maximum Gasteiger partial charge on any atom is 0.331 e. The summed E-state index contributed by atoms with van der Waals surface area (Å²) in [5.41, 5.74) is 6.12. The van der Waals surface area contributed by atoms with E-state index in [0.29, 0.717) is 30.2 Å². The number of halogens is 1. The Morgan fingerprint density at radius 2 is 1.62 bits per heavy atom. The fraction of sp³-hybridized carbons (Fsp3) is 0.690. The molecule has 7 nitrogen and oxygen atoms in total. The third-order valence-corrected chi connectivity index (χ3v) is 7.16. The fourth-order valence-corrected chi connectivity index (χ4v) is 5.01. The summed E-state index contributed by atoms with van der Waals surface area (Å²) in [5, 5.41) is 3.58. The zero-order chi connectivity index (χ0) is 26.9. The van der Waals surface area contributed by atoms with Crippen molar-refractivity contribution in [3.05, 3.63) is 29.3 Å². The van der Waals surface area contributed by atoms with E-state index in [2.05, 4.69) is 12.2 Å². The minimum atomic E-state index is -0.379. The average molecular weight is 535 g/mol. The molecule has 208 valence electrons. The van der Waals surface area contributed by atoms with Crippen LogP contribution in [0.2, 0.25) is 5.02 Å². The number of unbranched alkanes of at least 4 members (excludes halogenated alkanes) is 11. The molecule has 1 aromatic rings. The van der Waals surface area contributed by atoms with Crippen molar-refractivity contribution >= 4 is 35.1 Å². The van der Waals surface area contributed by atoms with Gasteiger partial charge in [0.25, 0.3) is 5.91 Å². The van der Waals surface area contributed by atoms with Crippen molar-refractivity contribution in [1.82, 2.24) is 10.2 Å². The van der Waals surface area contributed by atoms with Gasteiger partial charge in [0.15, 0.2) is 0 Å². The Morgan fingerprint density at radius 1 is 0.973 bits per heavy atom. The van der Waals surface area contributed by atoms with E-state index in [-0.39, 0.29) is 30.4 Å². The van der Waals surface area contributed by atoms with Crippen molar-refractivity contribution in [2.75, 3.05) is 24.5 Å². The number of carbonyl (C=O) groups is 3. The van der Waals surface area contributed by atoms with E-state index in [1.807, 2.05) is 0 Å². The Morgan fingerprint density at radius 3 is 2.24 bits per heavy atom. The Balaban J connectivity index is 1.74. The standard InChI is InChI=1S/C29H47ClN4O3/c1-2-3-4-5-6-7-8-9-10-11-12-19-27(35)32-25(17-13-14-20-31)22-33-23-28(36)34(29(33)37)26-18-15-16-24(30)21-26/h15-16,18,21,25H,2-14,17,19-20,22-23,31H2,1H3,(H,32,35). The topological polar surface area (TPSA) is 95.7 Å². The number of nitrogens with one attached hydrogen (secondary N) is 1. The molecule has 8 heteroatoms.